The smallest absolute Gasteiger partial charge is 0.254 e. The number of likely N-dealkylation sites (tertiary alicyclic amines) is 1. The Morgan fingerprint density at radius 3 is 2.47 bits per heavy atom. The van der Waals surface area contributed by atoms with Gasteiger partial charge in [-0.1, -0.05) is 37.1 Å². The van der Waals surface area contributed by atoms with E-state index in [1.165, 1.54) is 25.0 Å². The summed E-state index contributed by atoms with van der Waals surface area (Å²) in [6.07, 6.45) is 5.74. The summed E-state index contributed by atoms with van der Waals surface area (Å²) < 4.78 is 15.8. The molecule has 1 aliphatic rings. The number of hydrogen-bond acceptors (Lipinski definition) is 3. The van der Waals surface area contributed by atoms with E-state index in [-0.39, 0.29) is 18.0 Å². The molecule has 0 saturated carbocycles. The zero-order valence-corrected chi connectivity index (χ0v) is 18.2. The highest BCUT2D eigenvalue weighted by Gasteiger charge is 2.19. The van der Waals surface area contributed by atoms with Gasteiger partial charge in [-0.2, -0.15) is 0 Å². The number of rotatable bonds is 7. The maximum atomic E-state index is 13.8. The van der Waals surface area contributed by atoms with Crippen LogP contribution in [0.25, 0.3) is 11.0 Å². The maximum absolute atomic E-state index is 13.8. The number of aryl methyl sites for hydroxylation is 1. The lowest BCUT2D eigenvalue weighted by molar-refractivity contribution is -0.131. The van der Waals surface area contributed by atoms with Crippen molar-refractivity contribution in [3.8, 4) is 0 Å². The van der Waals surface area contributed by atoms with Crippen LogP contribution < -0.4 is 5.32 Å². The van der Waals surface area contributed by atoms with Gasteiger partial charge in [-0.05, 0) is 43.5 Å². The summed E-state index contributed by atoms with van der Waals surface area (Å²) in [5.41, 5.74) is 1.85. The molecule has 6 nitrogen and oxygen atoms in total. The van der Waals surface area contributed by atoms with E-state index in [1.54, 1.807) is 12.1 Å². The Hall–Kier alpha value is -3.22. The molecule has 4 rings (SSSR count). The fourth-order valence-electron chi connectivity index (χ4n) is 4.24. The molecule has 7 heteroatoms. The lowest BCUT2D eigenvalue weighted by Gasteiger charge is -2.21. The molecule has 0 unspecified atom stereocenters. The number of fused-ring (bicyclic) bond motifs is 1. The van der Waals surface area contributed by atoms with Crippen LogP contribution in [-0.4, -0.2) is 45.9 Å². The zero-order chi connectivity index (χ0) is 22.3. The van der Waals surface area contributed by atoms with E-state index >= 15 is 0 Å². The van der Waals surface area contributed by atoms with Crippen LogP contribution in [0.1, 0.15) is 48.3 Å². The molecule has 2 heterocycles. The number of imidazole rings is 1. The molecule has 0 spiro atoms. The summed E-state index contributed by atoms with van der Waals surface area (Å²) in [6.45, 7) is 2.32. The van der Waals surface area contributed by atoms with E-state index in [2.05, 4.69) is 5.32 Å². The monoisotopic (exact) mass is 436 g/mol. The SMILES string of the molecule is O=C(NCCCc1nc2ccccc2n1CC(=O)N1CCCCCC1)c1ccccc1F. The Morgan fingerprint density at radius 1 is 0.969 bits per heavy atom. The van der Waals surface area contributed by atoms with Gasteiger partial charge in [0.15, 0.2) is 0 Å². The maximum Gasteiger partial charge on any atom is 0.254 e. The molecule has 2 aromatic carbocycles. The van der Waals surface area contributed by atoms with Crippen molar-refractivity contribution in [2.24, 2.45) is 0 Å². The summed E-state index contributed by atoms with van der Waals surface area (Å²) in [5, 5.41) is 2.77. The third-order valence-electron chi connectivity index (χ3n) is 5.97. The average Bonchev–Trinajstić information content (AvgIpc) is 2.96. The van der Waals surface area contributed by atoms with Crippen LogP contribution in [0.15, 0.2) is 48.5 Å². The predicted molar refractivity (Wildman–Crippen MR) is 122 cm³/mol. The number of halogens is 1. The number of para-hydroxylation sites is 2. The number of amides is 2. The van der Waals surface area contributed by atoms with E-state index in [9.17, 15) is 14.0 Å². The number of nitrogens with zero attached hydrogens (tertiary/aromatic N) is 3. The number of carbonyl (C=O) groups is 2. The van der Waals surface area contributed by atoms with Crippen molar-refractivity contribution in [2.75, 3.05) is 19.6 Å². The molecule has 1 aromatic heterocycles. The Kier molecular flexibility index (Phi) is 7.14. The van der Waals surface area contributed by atoms with Crippen LogP contribution in [-0.2, 0) is 17.8 Å². The largest absolute Gasteiger partial charge is 0.352 e. The first-order valence-corrected chi connectivity index (χ1v) is 11.4. The molecule has 0 bridgehead atoms. The Bertz CT molecular complexity index is 1090. The van der Waals surface area contributed by atoms with Crippen molar-refractivity contribution < 1.29 is 14.0 Å². The van der Waals surface area contributed by atoms with Gasteiger partial charge in [0.05, 0.1) is 16.6 Å². The van der Waals surface area contributed by atoms with Crippen molar-refractivity contribution in [2.45, 2.75) is 45.1 Å². The van der Waals surface area contributed by atoms with Gasteiger partial charge < -0.3 is 14.8 Å². The van der Waals surface area contributed by atoms with Crippen molar-refractivity contribution >= 4 is 22.8 Å². The topological polar surface area (TPSA) is 67.2 Å². The normalized spacial score (nSPS) is 14.3. The molecule has 32 heavy (non-hydrogen) atoms. The fraction of sp³-hybridized carbons (Fsp3) is 0.400. The van der Waals surface area contributed by atoms with Gasteiger partial charge in [-0.15, -0.1) is 0 Å². The number of carbonyl (C=O) groups excluding carboxylic acids is 2. The first-order valence-electron chi connectivity index (χ1n) is 11.4. The number of aromatic nitrogens is 2. The Morgan fingerprint density at radius 2 is 1.69 bits per heavy atom. The molecular formula is C25H29FN4O2. The fourth-order valence-corrected chi connectivity index (χ4v) is 4.24. The molecule has 2 amide bonds. The highest BCUT2D eigenvalue weighted by Crippen LogP contribution is 2.18. The first-order chi connectivity index (χ1) is 15.6. The molecule has 168 valence electrons. The second kappa shape index (κ2) is 10.4. The summed E-state index contributed by atoms with van der Waals surface area (Å²) >= 11 is 0. The van der Waals surface area contributed by atoms with Gasteiger partial charge in [0.1, 0.15) is 18.2 Å². The minimum absolute atomic E-state index is 0.0442. The van der Waals surface area contributed by atoms with Crippen LogP contribution >= 0.6 is 0 Å². The van der Waals surface area contributed by atoms with Gasteiger partial charge in [0.2, 0.25) is 5.91 Å². The highest BCUT2D eigenvalue weighted by molar-refractivity contribution is 5.94. The van der Waals surface area contributed by atoms with Crippen LogP contribution in [0.3, 0.4) is 0 Å². The Labute approximate surface area is 187 Å². The molecule has 1 N–H and O–H groups in total. The molecule has 1 aliphatic heterocycles. The Balaban J connectivity index is 1.41. The first kappa shape index (κ1) is 22.0. The summed E-state index contributed by atoms with van der Waals surface area (Å²) in [5.74, 6) is 0.00503. The third-order valence-corrected chi connectivity index (χ3v) is 5.97. The van der Waals surface area contributed by atoms with Gasteiger partial charge >= 0.3 is 0 Å². The average molecular weight is 437 g/mol. The molecular weight excluding hydrogens is 407 g/mol. The van der Waals surface area contributed by atoms with Crippen molar-refractivity contribution in [3.63, 3.8) is 0 Å². The van der Waals surface area contributed by atoms with Crippen LogP contribution in [0.4, 0.5) is 4.39 Å². The minimum Gasteiger partial charge on any atom is -0.352 e. The van der Waals surface area contributed by atoms with Crippen molar-refractivity contribution in [1.29, 1.82) is 0 Å². The van der Waals surface area contributed by atoms with Crippen molar-refractivity contribution in [3.05, 3.63) is 65.7 Å². The van der Waals surface area contributed by atoms with Crippen LogP contribution in [0.2, 0.25) is 0 Å². The van der Waals surface area contributed by atoms with Gasteiger partial charge in [-0.25, -0.2) is 9.37 Å². The minimum atomic E-state index is -0.529. The predicted octanol–water partition coefficient (Wildman–Crippen LogP) is 3.94. The van der Waals surface area contributed by atoms with Crippen LogP contribution in [0.5, 0.6) is 0 Å². The van der Waals surface area contributed by atoms with Crippen molar-refractivity contribution in [1.82, 2.24) is 19.8 Å². The highest BCUT2D eigenvalue weighted by atomic mass is 19.1. The van der Waals surface area contributed by atoms with Gasteiger partial charge in [-0.3, -0.25) is 9.59 Å². The number of benzene rings is 2. The van der Waals surface area contributed by atoms with E-state index in [0.717, 1.165) is 42.8 Å². The standard InChI is InChI=1S/C25H29FN4O2/c26-20-11-4-3-10-19(20)25(32)27-15-9-14-23-28-21-12-5-6-13-22(21)30(23)18-24(31)29-16-7-1-2-8-17-29/h3-6,10-13H,1-2,7-9,14-18H2,(H,27,32). The second-order valence-corrected chi connectivity index (χ2v) is 8.24. The lowest BCUT2D eigenvalue weighted by Crippen LogP contribution is -2.35. The molecule has 1 saturated heterocycles. The van der Waals surface area contributed by atoms with E-state index < -0.39 is 11.7 Å². The molecule has 1 fully saturated rings. The van der Waals surface area contributed by atoms with Gasteiger partial charge in [0, 0.05) is 26.1 Å². The quantitative estimate of drug-likeness (QED) is 0.571. The van der Waals surface area contributed by atoms with Gasteiger partial charge in [0.25, 0.3) is 5.91 Å². The number of nitrogens with one attached hydrogen (secondary N) is 1. The van der Waals surface area contributed by atoms with E-state index in [1.807, 2.05) is 33.7 Å². The van der Waals surface area contributed by atoms with E-state index in [0.29, 0.717) is 19.4 Å². The molecule has 0 atom stereocenters. The third kappa shape index (κ3) is 5.15. The second-order valence-electron chi connectivity index (χ2n) is 8.24. The summed E-state index contributed by atoms with van der Waals surface area (Å²) in [4.78, 5) is 31.9. The van der Waals surface area contributed by atoms with E-state index in [4.69, 9.17) is 4.98 Å². The molecule has 0 radical (unpaired) electrons. The zero-order valence-electron chi connectivity index (χ0n) is 18.2. The number of hydrogen-bond donors (Lipinski definition) is 1. The summed E-state index contributed by atoms with van der Waals surface area (Å²) in [7, 11) is 0. The summed E-state index contributed by atoms with van der Waals surface area (Å²) in [6, 6.07) is 13.8. The van der Waals surface area contributed by atoms with Crippen LogP contribution in [0, 0.1) is 5.82 Å². The molecule has 0 aliphatic carbocycles. The molecule has 3 aromatic rings. The lowest BCUT2D eigenvalue weighted by atomic mass is 10.2.